The predicted octanol–water partition coefficient (Wildman–Crippen LogP) is 0.869. The Kier molecular flexibility index (Phi) is 5.29. The van der Waals surface area contributed by atoms with E-state index in [4.69, 9.17) is 5.11 Å². The van der Waals surface area contributed by atoms with Gasteiger partial charge in [0.25, 0.3) is 5.56 Å². The lowest BCUT2D eigenvalue weighted by Crippen LogP contribution is -2.37. The van der Waals surface area contributed by atoms with E-state index in [1.807, 2.05) is 30.3 Å². The van der Waals surface area contributed by atoms with Crippen LogP contribution in [-0.4, -0.2) is 33.6 Å². The zero-order valence-corrected chi connectivity index (χ0v) is 11.7. The number of carbonyl (C=O) groups is 1. The minimum absolute atomic E-state index is 0.0213. The van der Waals surface area contributed by atoms with Gasteiger partial charge in [-0.25, -0.2) is 0 Å². The number of aromatic nitrogens is 1. The van der Waals surface area contributed by atoms with Gasteiger partial charge in [-0.3, -0.25) is 9.59 Å². The van der Waals surface area contributed by atoms with Crippen molar-refractivity contribution in [1.29, 1.82) is 0 Å². The molecule has 2 aromatic rings. The molecule has 0 saturated heterocycles. The molecule has 0 radical (unpaired) electrons. The first kappa shape index (κ1) is 15.0. The van der Waals surface area contributed by atoms with Crippen LogP contribution in [0.5, 0.6) is 0 Å². The highest BCUT2D eigenvalue weighted by molar-refractivity contribution is 5.76. The second kappa shape index (κ2) is 7.40. The van der Waals surface area contributed by atoms with Gasteiger partial charge in [0.1, 0.15) is 6.54 Å². The van der Waals surface area contributed by atoms with Crippen molar-refractivity contribution in [2.45, 2.75) is 13.1 Å². The average molecular weight is 286 g/mol. The number of hydrogen-bond donors (Lipinski definition) is 1. The summed E-state index contributed by atoms with van der Waals surface area (Å²) in [6.07, 6.45) is 1.58. The summed E-state index contributed by atoms with van der Waals surface area (Å²) in [5.74, 6) is -0.193. The Morgan fingerprint density at radius 1 is 1.10 bits per heavy atom. The first-order valence-corrected chi connectivity index (χ1v) is 6.79. The van der Waals surface area contributed by atoms with Gasteiger partial charge < -0.3 is 14.6 Å². The number of nitrogens with zero attached hydrogens (tertiary/aromatic N) is 2. The molecule has 0 saturated carbocycles. The molecular formula is C16H18N2O3. The van der Waals surface area contributed by atoms with Gasteiger partial charge in [-0.15, -0.1) is 0 Å². The molecule has 1 aromatic heterocycles. The molecule has 5 heteroatoms. The Morgan fingerprint density at radius 3 is 2.48 bits per heavy atom. The van der Waals surface area contributed by atoms with Crippen molar-refractivity contribution in [3.8, 4) is 0 Å². The quantitative estimate of drug-likeness (QED) is 0.857. The van der Waals surface area contributed by atoms with Crippen LogP contribution in [0.1, 0.15) is 5.56 Å². The molecule has 5 nitrogen and oxygen atoms in total. The number of carbonyl (C=O) groups excluding carboxylic acids is 1. The van der Waals surface area contributed by atoms with Crippen molar-refractivity contribution in [2.24, 2.45) is 0 Å². The average Bonchev–Trinajstić information content (AvgIpc) is 2.50. The molecule has 110 valence electrons. The van der Waals surface area contributed by atoms with Crippen molar-refractivity contribution in [1.82, 2.24) is 9.47 Å². The Morgan fingerprint density at radius 2 is 1.81 bits per heavy atom. The summed E-state index contributed by atoms with van der Waals surface area (Å²) in [5, 5.41) is 9.12. The third-order valence-corrected chi connectivity index (χ3v) is 3.14. The third kappa shape index (κ3) is 4.29. The van der Waals surface area contributed by atoms with E-state index in [0.717, 1.165) is 5.56 Å². The highest BCUT2D eigenvalue weighted by Gasteiger charge is 2.14. The standard InChI is InChI=1S/C16H18N2O3/c19-11-10-18(12-14-6-2-1-3-7-14)16(21)13-17-9-5-4-8-15(17)20/h1-9,19H,10-13H2. The highest BCUT2D eigenvalue weighted by atomic mass is 16.3. The predicted molar refractivity (Wildman–Crippen MR) is 79.6 cm³/mol. The molecule has 1 heterocycles. The van der Waals surface area contributed by atoms with Crippen LogP contribution in [0.15, 0.2) is 59.5 Å². The second-order valence-electron chi connectivity index (χ2n) is 4.69. The van der Waals surface area contributed by atoms with E-state index in [1.165, 1.54) is 10.6 Å². The molecule has 0 spiro atoms. The molecule has 0 atom stereocenters. The number of amides is 1. The number of aliphatic hydroxyl groups is 1. The summed E-state index contributed by atoms with van der Waals surface area (Å²) >= 11 is 0. The Hall–Kier alpha value is -2.40. The molecule has 0 unspecified atom stereocenters. The topological polar surface area (TPSA) is 62.5 Å². The normalized spacial score (nSPS) is 10.3. The minimum Gasteiger partial charge on any atom is -0.395 e. The van der Waals surface area contributed by atoms with Crippen LogP contribution < -0.4 is 5.56 Å². The van der Waals surface area contributed by atoms with E-state index in [0.29, 0.717) is 6.54 Å². The molecule has 1 amide bonds. The Balaban J connectivity index is 2.09. The number of aliphatic hydroxyl groups excluding tert-OH is 1. The molecule has 1 aromatic carbocycles. The van der Waals surface area contributed by atoms with Crippen LogP contribution >= 0.6 is 0 Å². The fourth-order valence-corrected chi connectivity index (χ4v) is 2.05. The second-order valence-corrected chi connectivity index (χ2v) is 4.69. The summed E-state index contributed by atoms with van der Waals surface area (Å²) in [4.78, 5) is 25.5. The lowest BCUT2D eigenvalue weighted by Gasteiger charge is -2.22. The van der Waals surface area contributed by atoms with Gasteiger partial charge in [0.15, 0.2) is 0 Å². The van der Waals surface area contributed by atoms with Crippen molar-refractivity contribution < 1.29 is 9.90 Å². The smallest absolute Gasteiger partial charge is 0.250 e. The maximum atomic E-state index is 12.3. The largest absolute Gasteiger partial charge is 0.395 e. The van der Waals surface area contributed by atoms with Gasteiger partial charge in [-0.1, -0.05) is 36.4 Å². The first-order chi connectivity index (χ1) is 10.2. The van der Waals surface area contributed by atoms with Crippen molar-refractivity contribution >= 4 is 5.91 Å². The SMILES string of the molecule is O=C(Cn1ccccc1=O)N(CCO)Cc1ccccc1. The van der Waals surface area contributed by atoms with Crippen LogP contribution in [0, 0.1) is 0 Å². The maximum absolute atomic E-state index is 12.3. The molecule has 0 bridgehead atoms. The van der Waals surface area contributed by atoms with Gasteiger partial charge in [0.05, 0.1) is 6.61 Å². The zero-order chi connectivity index (χ0) is 15.1. The molecule has 0 fully saturated rings. The molecule has 2 rings (SSSR count). The summed E-state index contributed by atoms with van der Waals surface area (Å²) in [5.41, 5.74) is 0.772. The fraction of sp³-hybridized carbons (Fsp3) is 0.250. The fourth-order valence-electron chi connectivity index (χ4n) is 2.05. The molecule has 1 N–H and O–H groups in total. The number of hydrogen-bond acceptors (Lipinski definition) is 3. The van der Waals surface area contributed by atoms with Crippen LogP contribution in [0.2, 0.25) is 0 Å². The van der Waals surface area contributed by atoms with E-state index in [1.54, 1.807) is 23.2 Å². The number of benzene rings is 1. The molecule has 0 aliphatic heterocycles. The van der Waals surface area contributed by atoms with E-state index in [-0.39, 0.29) is 31.2 Å². The monoisotopic (exact) mass is 286 g/mol. The van der Waals surface area contributed by atoms with E-state index < -0.39 is 0 Å². The molecule has 21 heavy (non-hydrogen) atoms. The van der Waals surface area contributed by atoms with Crippen LogP contribution in [0.25, 0.3) is 0 Å². The Labute approximate surface area is 123 Å². The van der Waals surface area contributed by atoms with Crippen LogP contribution in [0.3, 0.4) is 0 Å². The van der Waals surface area contributed by atoms with Gasteiger partial charge in [-0.05, 0) is 11.6 Å². The molecule has 0 aliphatic rings. The van der Waals surface area contributed by atoms with Crippen LogP contribution in [0.4, 0.5) is 0 Å². The first-order valence-electron chi connectivity index (χ1n) is 6.79. The third-order valence-electron chi connectivity index (χ3n) is 3.14. The Bertz CT molecular complexity index is 637. The lowest BCUT2D eigenvalue weighted by atomic mass is 10.2. The van der Waals surface area contributed by atoms with E-state index in [2.05, 4.69) is 0 Å². The summed E-state index contributed by atoms with van der Waals surface area (Å²) in [7, 11) is 0. The summed E-state index contributed by atoms with van der Waals surface area (Å²) < 4.78 is 1.36. The van der Waals surface area contributed by atoms with E-state index >= 15 is 0 Å². The summed E-state index contributed by atoms with van der Waals surface area (Å²) in [6.45, 7) is 0.534. The van der Waals surface area contributed by atoms with Gasteiger partial charge in [-0.2, -0.15) is 0 Å². The molecular weight excluding hydrogens is 268 g/mol. The maximum Gasteiger partial charge on any atom is 0.250 e. The van der Waals surface area contributed by atoms with E-state index in [9.17, 15) is 9.59 Å². The highest BCUT2D eigenvalue weighted by Crippen LogP contribution is 2.05. The summed E-state index contributed by atoms with van der Waals surface area (Å²) in [6, 6.07) is 14.3. The van der Waals surface area contributed by atoms with Crippen molar-refractivity contribution in [3.63, 3.8) is 0 Å². The zero-order valence-electron chi connectivity index (χ0n) is 11.7. The minimum atomic E-state index is -0.213. The number of pyridine rings is 1. The van der Waals surface area contributed by atoms with Gasteiger partial charge in [0, 0.05) is 25.4 Å². The van der Waals surface area contributed by atoms with Crippen molar-refractivity contribution in [3.05, 3.63) is 70.6 Å². The van der Waals surface area contributed by atoms with Gasteiger partial charge in [0.2, 0.25) is 5.91 Å². The van der Waals surface area contributed by atoms with Crippen LogP contribution in [-0.2, 0) is 17.9 Å². The number of rotatable bonds is 6. The van der Waals surface area contributed by atoms with Gasteiger partial charge >= 0.3 is 0 Å². The van der Waals surface area contributed by atoms with Crippen molar-refractivity contribution in [2.75, 3.05) is 13.2 Å². The molecule has 0 aliphatic carbocycles. The lowest BCUT2D eigenvalue weighted by molar-refractivity contribution is -0.133.